The van der Waals surface area contributed by atoms with E-state index in [4.69, 9.17) is 9.47 Å². The molecule has 2 bridgehead atoms. The number of likely N-dealkylation sites (tertiary alicyclic amines) is 1. The van der Waals surface area contributed by atoms with Gasteiger partial charge in [0.25, 0.3) is 0 Å². The third-order valence-corrected chi connectivity index (χ3v) is 6.98. The monoisotopic (exact) mass is 387 g/mol. The van der Waals surface area contributed by atoms with Crippen LogP contribution in [0.3, 0.4) is 0 Å². The molecule has 1 amide bonds. The molecule has 4 aliphatic rings. The number of fused-ring (bicyclic) bond motifs is 2. The molecule has 4 rings (SSSR count). The van der Waals surface area contributed by atoms with Crippen LogP contribution in [0.15, 0.2) is 0 Å². The molecule has 0 aromatic rings. The number of alkyl halides is 2. The van der Waals surface area contributed by atoms with Crippen LogP contribution in [-0.2, 0) is 14.3 Å². The third-order valence-electron chi connectivity index (χ3n) is 6.98. The Morgan fingerprint density at radius 2 is 2.30 bits per heavy atom. The highest BCUT2D eigenvalue weighted by Crippen LogP contribution is 2.46. The first-order valence-electron chi connectivity index (χ1n) is 10.2. The van der Waals surface area contributed by atoms with Gasteiger partial charge in [0.15, 0.2) is 0 Å². The molecule has 2 N–H and O–H groups in total. The number of carbonyl (C=O) groups is 1. The van der Waals surface area contributed by atoms with E-state index < -0.39 is 11.8 Å². The highest BCUT2D eigenvalue weighted by Gasteiger charge is 2.52. The van der Waals surface area contributed by atoms with E-state index in [2.05, 4.69) is 10.6 Å². The van der Waals surface area contributed by atoms with Gasteiger partial charge in [-0.3, -0.25) is 4.79 Å². The molecule has 8 heteroatoms. The van der Waals surface area contributed by atoms with Gasteiger partial charge in [-0.15, -0.1) is 0 Å². The minimum absolute atomic E-state index is 0.0278. The van der Waals surface area contributed by atoms with Crippen molar-refractivity contribution >= 4 is 5.91 Å². The Morgan fingerprint density at radius 1 is 1.44 bits per heavy atom. The van der Waals surface area contributed by atoms with Crippen molar-refractivity contribution in [2.24, 2.45) is 5.41 Å². The summed E-state index contributed by atoms with van der Waals surface area (Å²) in [6.45, 7) is 2.68. The summed E-state index contributed by atoms with van der Waals surface area (Å²) in [7, 11) is 1.67. The summed E-state index contributed by atoms with van der Waals surface area (Å²) in [6.07, 6.45) is 0.767. The lowest BCUT2D eigenvalue weighted by Crippen LogP contribution is -2.53. The van der Waals surface area contributed by atoms with E-state index in [-0.39, 0.29) is 36.6 Å². The average molecular weight is 387 g/mol. The van der Waals surface area contributed by atoms with Crippen molar-refractivity contribution in [2.75, 3.05) is 33.4 Å². The van der Waals surface area contributed by atoms with Gasteiger partial charge in [-0.25, -0.2) is 8.78 Å². The van der Waals surface area contributed by atoms with Crippen LogP contribution >= 0.6 is 0 Å². The van der Waals surface area contributed by atoms with Crippen molar-refractivity contribution in [3.8, 4) is 0 Å². The van der Waals surface area contributed by atoms with Gasteiger partial charge in [-0.1, -0.05) is 0 Å². The van der Waals surface area contributed by atoms with Crippen LogP contribution in [0.1, 0.15) is 38.5 Å². The van der Waals surface area contributed by atoms with E-state index in [1.54, 1.807) is 7.11 Å². The number of piperazine rings is 1. The van der Waals surface area contributed by atoms with Crippen molar-refractivity contribution in [2.45, 2.75) is 75.2 Å². The maximum absolute atomic E-state index is 13.4. The summed E-state index contributed by atoms with van der Waals surface area (Å²) < 4.78 is 37.8. The number of halogens is 2. The van der Waals surface area contributed by atoms with Crippen LogP contribution in [0.5, 0.6) is 0 Å². The van der Waals surface area contributed by atoms with Crippen molar-refractivity contribution in [1.82, 2.24) is 15.5 Å². The van der Waals surface area contributed by atoms with Crippen LogP contribution in [0, 0.1) is 5.41 Å². The molecule has 1 saturated carbocycles. The summed E-state index contributed by atoms with van der Waals surface area (Å²) in [5.74, 6) is -0.0450. The Bertz CT molecular complexity index is 552. The fraction of sp³-hybridized carbons (Fsp3) is 0.947. The molecule has 0 radical (unpaired) electrons. The first kappa shape index (κ1) is 19.5. The molecule has 1 aliphatic carbocycles. The molecule has 0 unspecified atom stereocenters. The predicted octanol–water partition coefficient (Wildman–Crippen LogP) is 1.15. The van der Waals surface area contributed by atoms with Crippen LogP contribution in [0.25, 0.3) is 0 Å². The van der Waals surface area contributed by atoms with E-state index in [0.717, 1.165) is 25.8 Å². The second-order valence-corrected chi connectivity index (χ2v) is 8.68. The van der Waals surface area contributed by atoms with E-state index in [9.17, 15) is 13.6 Å². The van der Waals surface area contributed by atoms with Gasteiger partial charge >= 0.3 is 0 Å². The number of carbonyl (C=O) groups excluding carboxylic acids is 1. The molecule has 0 aromatic carbocycles. The first-order chi connectivity index (χ1) is 13.0. The van der Waals surface area contributed by atoms with E-state index in [0.29, 0.717) is 38.6 Å². The van der Waals surface area contributed by atoms with E-state index >= 15 is 0 Å². The highest BCUT2D eigenvalue weighted by molar-refractivity contribution is 5.84. The Hall–Kier alpha value is -0.830. The van der Waals surface area contributed by atoms with Gasteiger partial charge in [0.1, 0.15) is 0 Å². The van der Waals surface area contributed by atoms with Crippen LogP contribution in [-0.4, -0.2) is 80.9 Å². The van der Waals surface area contributed by atoms with E-state index in [1.807, 2.05) is 4.90 Å². The molecule has 0 spiro atoms. The number of hydrogen-bond donors (Lipinski definition) is 2. The minimum Gasteiger partial charge on any atom is -0.379 e. The predicted molar refractivity (Wildman–Crippen MR) is 95.8 cm³/mol. The molecule has 0 aromatic heterocycles. The van der Waals surface area contributed by atoms with Gasteiger partial charge in [0.05, 0.1) is 18.1 Å². The quantitative estimate of drug-likeness (QED) is 0.716. The maximum atomic E-state index is 13.4. The topological polar surface area (TPSA) is 62.8 Å². The van der Waals surface area contributed by atoms with Gasteiger partial charge in [0, 0.05) is 57.4 Å². The zero-order valence-corrected chi connectivity index (χ0v) is 16.0. The highest BCUT2D eigenvalue weighted by atomic mass is 19.3. The molecule has 6 atom stereocenters. The Labute approximate surface area is 159 Å². The Balaban J connectivity index is 1.44. The zero-order valence-electron chi connectivity index (χ0n) is 16.0. The molecule has 6 nitrogen and oxygen atoms in total. The fourth-order valence-electron chi connectivity index (χ4n) is 5.58. The van der Waals surface area contributed by atoms with Crippen molar-refractivity contribution in [3.63, 3.8) is 0 Å². The van der Waals surface area contributed by atoms with Crippen LogP contribution < -0.4 is 10.6 Å². The number of ether oxygens (including phenoxy) is 2. The molecular weight excluding hydrogens is 356 g/mol. The number of methoxy groups -OCH3 is 1. The fourth-order valence-corrected chi connectivity index (χ4v) is 5.58. The van der Waals surface area contributed by atoms with Gasteiger partial charge < -0.3 is 25.0 Å². The lowest BCUT2D eigenvalue weighted by atomic mass is 9.80. The molecule has 3 aliphatic heterocycles. The second-order valence-electron chi connectivity index (χ2n) is 8.68. The van der Waals surface area contributed by atoms with Crippen LogP contribution in [0.2, 0.25) is 0 Å². The van der Waals surface area contributed by atoms with Crippen LogP contribution in [0.4, 0.5) is 8.78 Å². The lowest BCUT2D eigenvalue weighted by molar-refractivity contribution is -0.146. The normalized spacial score (nSPS) is 41.6. The van der Waals surface area contributed by atoms with Gasteiger partial charge in [-0.2, -0.15) is 0 Å². The number of hydrogen-bond acceptors (Lipinski definition) is 5. The summed E-state index contributed by atoms with van der Waals surface area (Å²) in [6, 6.07) is 0.740. The molecule has 3 saturated heterocycles. The zero-order chi connectivity index (χ0) is 19.0. The SMILES string of the molecule is CO[C@@H]1COCC[C@@H]1N[C@H]1CC[C@](CC(F)F)(C(=O)N2C[C@@H]3C[C@H]2CN3)C1. The largest absolute Gasteiger partial charge is 0.379 e. The Kier molecular flexibility index (Phi) is 5.69. The average Bonchev–Trinajstić information content (AvgIpc) is 3.37. The standard InChI is InChI=1S/C19H31F2N3O3/c1-26-16-11-27-5-3-15(16)23-12-2-4-19(7-12,8-17(20)21)18(25)24-10-13-6-14(24)9-22-13/h12-17,22-23H,2-11H2,1H3/t12-,13-,14-,15-,16+,19-/m0/s1. The van der Waals surface area contributed by atoms with Crippen molar-refractivity contribution in [1.29, 1.82) is 0 Å². The Morgan fingerprint density at radius 3 is 2.96 bits per heavy atom. The second kappa shape index (κ2) is 7.89. The molecule has 4 fully saturated rings. The number of amides is 1. The summed E-state index contributed by atoms with van der Waals surface area (Å²) >= 11 is 0. The summed E-state index contributed by atoms with van der Waals surface area (Å²) in [4.78, 5) is 15.2. The number of nitrogens with one attached hydrogen (secondary N) is 2. The first-order valence-corrected chi connectivity index (χ1v) is 10.2. The van der Waals surface area contributed by atoms with Gasteiger partial charge in [-0.05, 0) is 32.1 Å². The molecule has 154 valence electrons. The molecular formula is C19H31F2N3O3. The minimum atomic E-state index is -2.46. The van der Waals surface area contributed by atoms with Gasteiger partial charge in [0.2, 0.25) is 12.3 Å². The molecule has 27 heavy (non-hydrogen) atoms. The van der Waals surface area contributed by atoms with Crippen molar-refractivity contribution in [3.05, 3.63) is 0 Å². The third kappa shape index (κ3) is 3.86. The van der Waals surface area contributed by atoms with E-state index in [1.165, 1.54) is 0 Å². The smallest absolute Gasteiger partial charge is 0.239 e. The summed E-state index contributed by atoms with van der Waals surface area (Å²) in [5, 5.41) is 6.97. The maximum Gasteiger partial charge on any atom is 0.239 e. The summed E-state index contributed by atoms with van der Waals surface area (Å²) in [5.41, 5.74) is -0.927. The number of nitrogens with zero attached hydrogens (tertiary/aromatic N) is 1. The van der Waals surface area contributed by atoms with Crippen molar-refractivity contribution < 1.29 is 23.0 Å². The molecule has 3 heterocycles. The number of rotatable bonds is 6. The lowest BCUT2D eigenvalue weighted by Gasteiger charge is -2.37.